The second-order valence-electron chi connectivity index (χ2n) is 3.37. The first-order valence-corrected chi connectivity index (χ1v) is 4.78. The molecule has 1 rings (SSSR count). The summed E-state index contributed by atoms with van der Waals surface area (Å²) in [6.07, 6.45) is 3.19. The Kier molecular flexibility index (Phi) is 3.53. The van der Waals surface area contributed by atoms with E-state index in [4.69, 9.17) is 5.73 Å². The normalized spacial score (nSPS) is 19.7. The minimum Gasteiger partial charge on any atom is -0.342 e. The van der Waals surface area contributed by atoms with Crippen molar-refractivity contribution < 1.29 is 4.79 Å². The van der Waals surface area contributed by atoms with Gasteiger partial charge in [0.25, 0.3) is 0 Å². The zero-order chi connectivity index (χ0) is 8.97. The standard InChI is InChI=1S/C9H18N2O/c1-2-8(7-10)9(12)11-5-3-4-6-11/h8H,2-7,10H2,1H3. The van der Waals surface area contributed by atoms with Gasteiger partial charge in [0, 0.05) is 19.6 Å². The molecule has 3 heteroatoms. The van der Waals surface area contributed by atoms with E-state index in [0.717, 1.165) is 32.4 Å². The van der Waals surface area contributed by atoms with E-state index in [1.807, 2.05) is 11.8 Å². The quantitative estimate of drug-likeness (QED) is 0.674. The number of rotatable bonds is 3. The lowest BCUT2D eigenvalue weighted by Crippen LogP contribution is -2.36. The van der Waals surface area contributed by atoms with Crippen LogP contribution in [0.2, 0.25) is 0 Å². The molecule has 0 radical (unpaired) electrons. The van der Waals surface area contributed by atoms with Crippen LogP contribution in [0.5, 0.6) is 0 Å². The van der Waals surface area contributed by atoms with E-state index >= 15 is 0 Å². The van der Waals surface area contributed by atoms with Crippen molar-refractivity contribution in [3.05, 3.63) is 0 Å². The topological polar surface area (TPSA) is 46.3 Å². The summed E-state index contributed by atoms with van der Waals surface area (Å²) in [5.74, 6) is 0.320. The van der Waals surface area contributed by atoms with Crippen LogP contribution in [0.1, 0.15) is 26.2 Å². The minimum atomic E-state index is 0.0584. The molecule has 1 fully saturated rings. The molecule has 1 aliphatic rings. The molecule has 0 saturated carbocycles. The summed E-state index contributed by atoms with van der Waals surface area (Å²) in [6.45, 7) is 4.39. The molecule has 1 unspecified atom stereocenters. The van der Waals surface area contributed by atoms with Gasteiger partial charge in [0.1, 0.15) is 0 Å². The second kappa shape index (κ2) is 4.45. The molecule has 0 spiro atoms. The maximum absolute atomic E-state index is 11.7. The lowest BCUT2D eigenvalue weighted by Gasteiger charge is -2.20. The molecule has 0 aromatic rings. The highest BCUT2D eigenvalue weighted by molar-refractivity contribution is 5.79. The third-order valence-electron chi connectivity index (χ3n) is 2.54. The fourth-order valence-corrected chi connectivity index (χ4v) is 1.64. The van der Waals surface area contributed by atoms with Gasteiger partial charge in [0.2, 0.25) is 5.91 Å². The van der Waals surface area contributed by atoms with E-state index in [9.17, 15) is 4.79 Å². The second-order valence-corrected chi connectivity index (χ2v) is 3.37. The van der Waals surface area contributed by atoms with Gasteiger partial charge >= 0.3 is 0 Å². The molecule has 12 heavy (non-hydrogen) atoms. The van der Waals surface area contributed by atoms with Crippen LogP contribution in [-0.4, -0.2) is 30.4 Å². The first-order valence-electron chi connectivity index (χ1n) is 4.78. The van der Waals surface area contributed by atoms with E-state index in [1.165, 1.54) is 0 Å². The molecule has 0 aromatic heterocycles. The largest absolute Gasteiger partial charge is 0.342 e. The van der Waals surface area contributed by atoms with Crippen molar-refractivity contribution in [3.63, 3.8) is 0 Å². The van der Waals surface area contributed by atoms with Gasteiger partial charge < -0.3 is 10.6 Å². The molecule has 1 atom stereocenters. The highest BCUT2D eigenvalue weighted by Crippen LogP contribution is 2.13. The SMILES string of the molecule is CCC(CN)C(=O)N1CCCC1. The molecule has 70 valence electrons. The van der Waals surface area contributed by atoms with Crippen molar-refractivity contribution in [1.29, 1.82) is 0 Å². The van der Waals surface area contributed by atoms with Crippen molar-refractivity contribution in [2.75, 3.05) is 19.6 Å². The number of hydrogen-bond donors (Lipinski definition) is 1. The summed E-state index contributed by atoms with van der Waals surface area (Å²) in [4.78, 5) is 13.6. The van der Waals surface area contributed by atoms with Gasteiger partial charge in [-0.1, -0.05) is 6.92 Å². The van der Waals surface area contributed by atoms with Crippen LogP contribution in [0.3, 0.4) is 0 Å². The Balaban J connectivity index is 2.43. The third-order valence-corrected chi connectivity index (χ3v) is 2.54. The van der Waals surface area contributed by atoms with E-state index in [-0.39, 0.29) is 11.8 Å². The van der Waals surface area contributed by atoms with Crippen molar-refractivity contribution in [2.45, 2.75) is 26.2 Å². The summed E-state index contributed by atoms with van der Waals surface area (Å²) in [7, 11) is 0. The molecular weight excluding hydrogens is 152 g/mol. The highest BCUT2D eigenvalue weighted by Gasteiger charge is 2.23. The fourth-order valence-electron chi connectivity index (χ4n) is 1.64. The summed E-state index contributed by atoms with van der Waals surface area (Å²) in [5.41, 5.74) is 5.50. The van der Waals surface area contributed by atoms with Crippen LogP contribution in [0, 0.1) is 5.92 Å². The average Bonchev–Trinajstić information content (AvgIpc) is 2.58. The molecule has 1 aliphatic heterocycles. The van der Waals surface area contributed by atoms with Gasteiger partial charge in [-0.15, -0.1) is 0 Å². The van der Waals surface area contributed by atoms with Crippen LogP contribution in [0.25, 0.3) is 0 Å². The van der Waals surface area contributed by atoms with Gasteiger partial charge in [0.05, 0.1) is 5.92 Å². The summed E-state index contributed by atoms with van der Waals surface area (Å²) < 4.78 is 0. The van der Waals surface area contributed by atoms with Crippen LogP contribution in [0.15, 0.2) is 0 Å². The Hall–Kier alpha value is -0.570. The molecule has 1 heterocycles. The number of carbonyl (C=O) groups is 1. The van der Waals surface area contributed by atoms with Crippen LogP contribution < -0.4 is 5.73 Å². The van der Waals surface area contributed by atoms with Crippen molar-refractivity contribution >= 4 is 5.91 Å². The molecule has 1 amide bonds. The fraction of sp³-hybridized carbons (Fsp3) is 0.889. The maximum Gasteiger partial charge on any atom is 0.226 e. The minimum absolute atomic E-state index is 0.0584. The summed E-state index contributed by atoms with van der Waals surface area (Å²) >= 11 is 0. The number of hydrogen-bond acceptors (Lipinski definition) is 2. The highest BCUT2D eigenvalue weighted by atomic mass is 16.2. The third kappa shape index (κ3) is 1.97. The lowest BCUT2D eigenvalue weighted by molar-refractivity contribution is -0.134. The zero-order valence-corrected chi connectivity index (χ0v) is 7.75. The number of likely N-dealkylation sites (tertiary alicyclic amines) is 1. The predicted octanol–water partition coefficient (Wildman–Crippen LogP) is 0.594. The molecule has 3 nitrogen and oxygen atoms in total. The molecule has 2 N–H and O–H groups in total. The van der Waals surface area contributed by atoms with Crippen LogP contribution >= 0.6 is 0 Å². The van der Waals surface area contributed by atoms with Gasteiger partial charge in [-0.05, 0) is 19.3 Å². The van der Waals surface area contributed by atoms with Crippen LogP contribution in [0.4, 0.5) is 0 Å². The number of carbonyl (C=O) groups excluding carboxylic acids is 1. The number of amides is 1. The first kappa shape index (κ1) is 9.52. The molecule has 0 bridgehead atoms. The summed E-state index contributed by atoms with van der Waals surface area (Å²) in [6, 6.07) is 0. The van der Waals surface area contributed by atoms with Gasteiger partial charge in [-0.3, -0.25) is 4.79 Å². The summed E-state index contributed by atoms with van der Waals surface area (Å²) in [5, 5.41) is 0. The Labute approximate surface area is 73.9 Å². The predicted molar refractivity (Wildman–Crippen MR) is 48.6 cm³/mol. The van der Waals surface area contributed by atoms with Crippen molar-refractivity contribution in [1.82, 2.24) is 4.90 Å². The Morgan fingerprint density at radius 2 is 2.08 bits per heavy atom. The zero-order valence-electron chi connectivity index (χ0n) is 7.75. The Morgan fingerprint density at radius 3 is 2.50 bits per heavy atom. The van der Waals surface area contributed by atoms with Gasteiger partial charge in [0.15, 0.2) is 0 Å². The van der Waals surface area contributed by atoms with Gasteiger partial charge in [-0.2, -0.15) is 0 Å². The van der Waals surface area contributed by atoms with Gasteiger partial charge in [-0.25, -0.2) is 0 Å². The molecule has 0 aromatic carbocycles. The monoisotopic (exact) mass is 170 g/mol. The van der Waals surface area contributed by atoms with E-state index in [2.05, 4.69) is 0 Å². The Bertz CT molecular complexity index is 145. The smallest absolute Gasteiger partial charge is 0.226 e. The van der Waals surface area contributed by atoms with Crippen molar-refractivity contribution in [3.8, 4) is 0 Å². The first-order chi connectivity index (χ1) is 5.79. The van der Waals surface area contributed by atoms with Crippen molar-refractivity contribution in [2.24, 2.45) is 11.7 Å². The number of nitrogens with two attached hydrogens (primary N) is 1. The molecular formula is C9H18N2O. The van der Waals surface area contributed by atoms with E-state index in [1.54, 1.807) is 0 Å². The lowest BCUT2D eigenvalue weighted by atomic mass is 10.1. The van der Waals surface area contributed by atoms with Crippen LogP contribution in [-0.2, 0) is 4.79 Å². The molecule has 0 aliphatic carbocycles. The van der Waals surface area contributed by atoms with E-state index < -0.39 is 0 Å². The number of nitrogens with zero attached hydrogens (tertiary/aromatic N) is 1. The molecule has 1 saturated heterocycles. The maximum atomic E-state index is 11.7. The Morgan fingerprint density at radius 1 is 1.50 bits per heavy atom. The average molecular weight is 170 g/mol. The van der Waals surface area contributed by atoms with E-state index in [0.29, 0.717) is 6.54 Å².